The molecule has 1 rings (SSSR count). The van der Waals surface area contributed by atoms with Crippen molar-refractivity contribution < 1.29 is 17.5 Å². The van der Waals surface area contributed by atoms with E-state index in [1.54, 1.807) is 18.0 Å². The number of nitrogens with one attached hydrogen (secondary N) is 1. The van der Waals surface area contributed by atoms with Crippen LogP contribution in [0.3, 0.4) is 0 Å². The Hall–Kier alpha value is -0.680. The summed E-state index contributed by atoms with van der Waals surface area (Å²) in [5, 5.41) is 0. The minimum absolute atomic E-state index is 0.575. The first-order valence-corrected chi connectivity index (χ1v) is 5.47. The highest BCUT2D eigenvalue weighted by Gasteiger charge is 2.30. The van der Waals surface area contributed by atoms with Crippen LogP contribution in [-0.4, -0.2) is 14.1 Å². The smallest absolute Gasteiger partial charge is 0.278 e. The third-order valence-corrected chi connectivity index (χ3v) is 2.84. The van der Waals surface area contributed by atoms with E-state index >= 15 is 0 Å². The second-order valence-corrected chi connectivity index (χ2v) is 4.79. The van der Waals surface area contributed by atoms with Gasteiger partial charge in [0.1, 0.15) is 0 Å². The highest BCUT2D eigenvalue weighted by Crippen LogP contribution is 2.29. The fourth-order valence-electron chi connectivity index (χ4n) is 1.07. The maximum Gasteiger partial charge on any atom is 0.416 e. The van der Waals surface area contributed by atoms with Crippen LogP contribution in [0.15, 0.2) is 24.3 Å². The van der Waals surface area contributed by atoms with Crippen molar-refractivity contribution in [2.75, 3.05) is 14.1 Å². The first-order chi connectivity index (χ1) is 6.89. The van der Waals surface area contributed by atoms with Gasteiger partial charge in [-0.05, 0) is 11.6 Å². The Morgan fingerprint density at radius 2 is 1.93 bits per heavy atom. The first-order valence-electron chi connectivity index (χ1n) is 4.48. The lowest BCUT2D eigenvalue weighted by Crippen LogP contribution is -2.98. The minimum Gasteiger partial charge on any atom is -0.278 e. The molecule has 84 valence electrons. The van der Waals surface area contributed by atoms with E-state index in [-0.39, 0.29) is 0 Å². The van der Waals surface area contributed by atoms with E-state index in [9.17, 15) is 13.2 Å². The summed E-state index contributed by atoms with van der Waals surface area (Å²) in [6.45, 7) is 0. The molecule has 0 aliphatic heterocycles. The Labute approximate surface area is 91.4 Å². The number of halogens is 3. The van der Waals surface area contributed by atoms with Gasteiger partial charge < -0.3 is 0 Å². The van der Waals surface area contributed by atoms with Crippen molar-refractivity contribution in [1.29, 1.82) is 0 Å². The predicted octanol–water partition coefficient (Wildman–Crippen LogP) is 2.00. The summed E-state index contributed by atoms with van der Waals surface area (Å²) in [5.41, 5.74) is 0.130. The minimum atomic E-state index is -4.24. The number of benzene rings is 1. The maximum atomic E-state index is 12.4. The van der Waals surface area contributed by atoms with Gasteiger partial charge in [-0.3, -0.25) is 4.31 Å². The van der Waals surface area contributed by atoms with Crippen molar-refractivity contribution in [3.63, 3.8) is 0 Å². The molecule has 1 N–H and O–H groups in total. The molecule has 15 heavy (non-hydrogen) atoms. The van der Waals surface area contributed by atoms with Crippen LogP contribution in [0.2, 0.25) is 0 Å². The van der Waals surface area contributed by atoms with Gasteiger partial charge in [-0.2, -0.15) is 13.2 Å². The molecule has 0 spiro atoms. The SMILES string of the molecule is C[NH+](C)SCc1cccc(C(F)(F)F)c1. The second-order valence-electron chi connectivity index (χ2n) is 3.40. The van der Waals surface area contributed by atoms with Gasteiger partial charge >= 0.3 is 6.18 Å². The summed E-state index contributed by atoms with van der Waals surface area (Å²) in [4.78, 5) is 0. The molecule has 0 aliphatic carbocycles. The molecule has 0 saturated carbocycles. The van der Waals surface area contributed by atoms with Gasteiger partial charge in [0, 0.05) is 0 Å². The maximum absolute atomic E-state index is 12.4. The third-order valence-electron chi connectivity index (χ3n) is 1.78. The van der Waals surface area contributed by atoms with Gasteiger partial charge in [-0.15, -0.1) is 0 Å². The quantitative estimate of drug-likeness (QED) is 0.786. The molecule has 0 saturated heterocycles. The monoisotopic (exact) mass is 236 g/mol. The van der Waals surface area contributed by atoms with Crippen LogP contribution >= 0.6 is 11.9 Å². The van der Waals surface area contributed by atoms with Gasteiger partial charge in [0.05, 0.1) is 37.4 Å². The van der Waals surface area contributed by atoms with Crippen LogP contribution in [0.1, 0.15) is 11.1 Å². The molecular weight excluding hydrogens is 223 g/mol. The molecule has 0 atom stereocenters. The Morgan fingerprint density at radius 1 is 1.27 bits per heavy atom. The van der Waals surface area contributed by atoms with E-state index in [1.165, 1.54) is 12.1 Å². The fraction of sp³-hybridized carbons (Fsp3) is 0.400. The Kier molecular flexibility index (Phi) is 4.04. The van der Waals surface area contributed by atoms with Crippen molar-refractivity contribution in [2.45, 2.75) is 11.9 Å². The lowest BCUT2D eigenvalue weighted by atomic mass is 10.1. The molecule has 0 radical (unpaired) electrons. The Morgan fingerprint density at radius 3 is 2.47 bits per heavy atom. The largest absolute Gasteiger partial charge is 0.416 e. The standard InChI is InChI=1S/C10H12F3NS/c1-14(2)15-7-8-4-3-5-9(6-8)10(11,12)13/h3-6H,7H2,1-2H3/p+1. The molecule has 0 aromatic heterocycles. The average molecular weight is 236 g/mol. The van der Waals surface area contributed by atoms with Crippen molar-refractivity contribution >= 4 is 11.9 Å². The Bertz CT molecular complexity index is 323. The lowest BCUT2D eigenvalue weighted by molar-refractivity contribution is -0.704. The van der Waals surface area contributed by atoms with E-state index in [1.807, 2.05) is 14.1 Å². The van der Waals surface area contributed by atoms with Crippen molar-refractivity contribution in [3.05, 3.63) is 35.4 Å². The van der Waals surface area contributed by atoms with Crippen molar-refractivity contribution in [3.8, 4) is 0 Å². The number of quaternary nitrogens is 1. The summed E-state index contributed by atoms with van der Waals surface area (Å²) in [5.74, 6) is 0.590. The summed E-state index contributed by atoms with van der Waals surface area (Å²) in [7, 11) is 3.89. The van der Waals surface area contributed by atoms with E-state index < -0.39 is 11.7 Å². The van der Waals surface area contributed by atoms with Gasteiger partial charge in [0.2, 0.25) is 0 Å². The van der Waals surface area contributed by atoms with Crippen LogP contribution < -0.4 is 4.31 Å². The van der Waals surface area contributed by atoms with Crippen molar-refractivity contribution in [1.82, 2.24) is 0 Å². The second kappa shape index (κ2) is 4.90. The zero-order chi connectivity index (χ0) is 11.5. The third kappa shape index (κ3) is 4.13. The molecule has 1 nitrogen and oxygen atoms in total. The van der Waals surface area contributed by atoms with Crippen LogP contribution in [0.4, 0.5) is 13.2 Å². The van der Waals surface area contributed by atoms with Crippen molar-refractivity contribution in [2.24, 2.45) is 0 Å². The van der Waals surface area contributed by atoms with Gasteiger partial charge in [-0.1, -0.05) is 18.2 Å². The zero-order valence-corrected chi connectivity index (χ0v) is 9.38. The van der Waals surface area contributed by atoms with Crippen LogP contribution in [0, 0.1) is 0 Å². The molecule has 0 bridgehead atoms. The van der Waals surface area contributed by atoms with Crippen LogP contribution in [-0.2, 0) is 11.9 Å². The van der Waals surface area contributed by atoms with E-state index in [0.29, 0.717) is 11.3 Å². The molecular formula is C10H13F3NS+. The number of alkyl halides is 3. The summed E-state index contributed by atoms with van der Waals surface area (Å²) < 4.78 is 38.2. The average Bonchev–Trinajstić information content (AvgIpc) is 2.14. The predicted molar refractivity (Wildman–Crippen MR) is 55.5 cm³/mol. The molecule has 1 aromatic carbocycles. The van der Waals surface area contributed by atoms with E-state index in [0.717, 1.165) is 10.4 Å². The molecule has 1 aromatic rings. The van der Waals surface area contributed by atoms with Gasteiger partial charge in [0.15, 0.2) is 0 Å². The topological polar surface area (TPSA) is 4.44 Å². The van der Waals surface area contributed by atoms with E-state index in [4.69, 9.17) is 0 Å². The molecule has 0 amide bonds. The number of rotatable bonds is 3. The normalized spacial score (nSPS) is 12.1. The van der Waals surface area contributed by atoms with Gasteiger partial charge in [0.25, 0.3) is 0 Å². The molecule has 0 unspecified atom stereocenters. The van der Waals surface area contributed by atoms with Gasteiger partial charge in [-0.25, -0.2) is 0 Å². The molecule has 0 fully saturated rings. The molecule has 0 aliphatic rings. The molecule has 5 heteroatoms. The van der Waals surface area contributed by atoms with Crippen LogP contribution in [0.25, 0.3) is 0 Å². The highest BCUT2D eigenvalue weighted by molar-refractivity contribution is 7.92. The molecule has 0 heterocycles. The Balaban J connectivity index is 2.75. The fourth-order valence-corrected chi connectivity index (χ4v) is 1.70. The number of hydrogen-bond donors (Lipinski definition) is 1. The highest BCUT2D eigenvalue weighted by atomic mass is 32.2. The first kappa shape index (κ1) is 12.4. The number of hydrogen-bond acceptors (Lipinski definition) is 1. The summed E-state index contributed by atoms with van der Waals surface area (Å²) in [6, 6.07) is 5.46. The zero-order valence-electron chi connectivity index (χ0n) is 8.56. The summed E-state index contributed by atoms with van der Waals surface area (Å²) >= 11 is 1.55. The van der Waals surface area contributed by atoms with Crippen LogP contribution in [0.5, 0.6) is 0 Å². The lowest BCUT2D eigenvalue weighted by Gasteiger charge is -2.08. The van der Waals surface area contributed by atoms with E-state index in [2.05, 4.69) is 0 Å². The summed E-state index contributed by atoms with van der Waals surface area (Å²) in [6.07, 6.45) is -4.24.